The van der Waals surface area contributed by atoms with E-state index in [2.05, 4.69) is 4.90 Å². The lowest BCUT2D eigenvalue weighted by Gasteiger charge is -2.37. The van der Waals surface area contributed by atoms with Crippen LogP contribution in [0.15, 0.2) is 18.2 Å². The normalized spacial score (nSPS) is 23.4. The molecule has 1 unspecified atom stereocenters. The highest BCUT2D eigenvalue weighted by Crippen LogP contribution is 2.25. The van der Waals surface area contributed by atoms with Gasteiger partial charge in [0.15, 0.2) is 0 Å². The van der Waals surface area contributed by atoms with Gasteiger partial charge in [0.1, 0.15) is 11.5 Å². The molecular weight excluding hydrogens is 244 g/mol. The van der Waals surface area contributed by atoms with E-state index in [0.29, 0.717) is 18.2 Å². The van der Waals surface area contributed by atoms with Gasteiger partial charge < -0.3 is 15.1 Å². The summed E-state index contributed by atoms with van der Waals surface area (Å²) in [4.78, 5) is 16.6. The van der Waals surface area contributed by atoms with Crippen LogP contribution < -0.4 is 0 Å². The third-order valence-electron chi connectivity index (χ3n) is 4.02. The van der Waals surface area contributed by atoms with E-state index in [9.17, 15) is 15.0 Å². The summed E-state index contributed by atoms with van der Waals surface area (Å²) >= 11 is 0. The van der Waals surface area contributed by atoms with Crippen molar-refractivity contribution in [3.63, 3.8) is 0 Å². The molecule has 5 heteroatoms. The lowest BCUT2D eigenvalue weighted by Crippen LogP contribution is -2.52. The summed E-state index contributed by atoms with van der Waals surface area (Å²) in [5.74, 6) is -0.275. The third kappa shape index (κ3) is 2.38. The van der Waals surface area contributed by atoms with Gasteiger partial charge in [-0.25, -0.2) is 0 Å². The number of aromatic hydroxyl groups is 2. The van der Waals surface area contributed by atoms with Gasteiger partial charge in [-0.15, -0.1) is 0 Å². The minimum Gasteiger partial charge on any atom is -0.508 e. The molecule has 5 nitrogen and oxygen atoms in total. The van der Waals surface area contributed by atoms with E-state index in [4.69, 9.17) is 0 Å². The Labute approximate surface area is 112 Å². The Bertz CT molecular complexity index is 483. The van der Waals surface area contributed by atoms with Crippen molar-refractivity contribution in [2.75, 3.05) is 26.2 Å². The first-order chi connectivity index (χ1) is 9.13. The minimum absolute atomic E-state index is 0.0807. The Hall–Kier alpha value is -1.75. The molecule has 2 aliphatic heterocycles. The molecule has 1 atom stereocenters. The van der Waals surface area contributed by atoms with Crippen molar-refractivity contribution < 1.29 is 15.0 Å². The van der Waals surface area contributed by atoms with Crippen molar-refractivity contribution in [1.82, 2.24) is 9.80 Å². The van der Waals surface area contributed by atoms with Gasteiger partial charge in [0, 0.05) is 37.3 Å². The maximum Gasteiger partial charge on any atom is 0.254 e. The first-order valence-electron chi connectivity index (χ1n) is 6.70. The number of phenols is 2. The van der Waals surface area contributed by atoms with E-state index in [-0.39, 0.29) is 17.4 Å². The standard InChI is InChI=1S/C14H18N2O3/c17-12-6-10(7-13(18)8-12)14(19)16-5-4-15-3-1-2-11(15)9-16/h6-8,11,17-18H,1-5,9H2. The first kappa shape index (κ1) is 12.3. The zero-order valence-corrected chi connectivity index (χ0v) is 10.7. The highest BCUT2D eigenvalue weighted by atomic mass is 16.3. The number of carbonyl (C=O) groups excluding carboxylic acids is 1. The van der Waals surface area contributed by atoms with Crippen LogP contribution in [-0.4, -0.2) is 58.1 Å². The van der Waals surface area contributed by atoms with Crippen LogP contribution in [0.2, 0.25) is 0 Å². The molecule has 2 heterocycles. The molecule has 102 valence electrons. The van der Waals surface area contributed by atoms with E-state index >= 15 is 0 Å². The molecular formula is C14H18N2O3. The van der Waals surface area contributed by atoms with Crippen molar-refractivity contribution in [2.45, 2.75) is 18.9 Å². The number of hydrogen-bond acceptors (Lipinski definition) is 4. The van der Waals surface area contributed by atoms with Gasteiger partial charge >= 0.3 is 0 Å². The lowest BCUT2D eigenvalue weighted by molar-refractivity contribution is 0.0570. The number of fused-ring (bicyclic) bond motifs is 1. The van der Waals surface area contributed by atoms with Gasteiger partial charge in [-0.2, -0.15) is 0 Å². The average molecular weight is 262 g/mol. The van der Waals surface area contributed by atoms with Crippen LogP contribution in [0.1, 0.15) is 23.2 Å². The van der Waals surface area contributed by atoms with Crippen LogP contribution in [0, 0.1) is 0 Å². The topological polar surface area (TPSA) is 64.0 Å². The molecule has 2 N–H and O–H groups in total. The maximum atomic E-state index is 12.4. The van der Waals surface area contributed by atoms with Crippen LogP contribution in [-0.2, 0) is 0 Å². The van der Waals surface area contributed by atoms with Gasteiger partial charge in [-0.05, 0) is 31.5 Å². The Morgan fingerprint density at radius 2 is 1.84 bits per heavy atom. The van der Waals surface area contributed by atoms with Crippen molar-refractivity contribution >= 4 is 5.91 Å². The molecule has 3 rings (SSSR count). The molecule has 2 fully saturated rings. The highest BCUT2D eigenvalue weighted by Gasteiger charge is 2.32. The van der Waals surface area contributed by atoms with E-state index in [1.807, 2.05) is 4.90 Å². The molecule has 0 spiro atoms. The van der Waals surface area contributed by atoms with Crippen LogP contribution in [0.3, 0.4) is 0 Å². The SMILES string of the molecule is O=C(c1cc(O)cc(O)c1)N1CCN2CCCC2C1. The summed E-state index contributed by atoms with van der Waals surface area (Å²) in [5.41, 5.74) is 0.351. The van der Waals surface area contributed by atoms with Crippen LogP contribution in [0.25, 0.3) is 0 Å². The number of piperazine rings is 1. The molecule has 0 aromatic heterocycles. The number of phenolic OH excluding ortho intramolecular Hbond substituents is 2. The number of hydrogen-bond donors (Lipinski definition) is 2. The van der Waals surface area contributed by atoms with Crippen LogP contribution in [0.5, 0.6) is 11.5 Å². The van der Waals surface area contributed by atoms with Gasteiger partial charge in [0.05, 0.1) is 0 Å². The zero-order valence-electron chi connectivity index (χ0n) is 10.7. The van der Waals surface area contributed by atoms with Crippen molar-refractivity contribution in [2.24, 2.45) is 0 Å². The molecule has 0 bridgehead atoms. The number of amides is 1. The Morgan fingerprint density at radius 1 is 1.11 bits per heavy atom. The zero-order chi connectivity index (χ0) is 13.4. The van der Waals surface area contributed by atoms with Gasteiger partial charge in [0.2, 0.25) is 0 Å². The number of rotatable bonds is 1. The van der Waals surface area contributed by atoms with Crippen molar-refractivity contribution in [3.8, 4) is 11.5 Å². The van der Waals surface area contributed by atoms with Crippen molar-refractivity contribution in [1.29, 1.82) is 0 Å². The smallest absolute Gasteiger partial charge is 0.254 e. The van der Waals surface area contributed by atoms with E-state index in [1.165, 1.54) is 24.6 Å². The molecule has 0 radical (unpaired) electrons. The predicted octanol–water partition coefficient (Wildman–Crippen LogP) is 1.02. The molecule has 2 aliphatic rings. The second-order valence-electron chi connectivity index (χ2n) is 5.32. The first-order valence-corrected chi connectivity index (χ1v) is 6.70. The molecule has 0 aliphatic carbocycles. The summed E-state index contributed by atoms with van der Waals surface area (Å²) in [5, 5.41) is 18.9. The minimum atomic E-state index is -0.113. The molecule has 0 saturated carbocycles. The van der Waals surface area contributed by atoms with E-state index in [1.54, 1.807) is 0 Å². The summed E-state index contributed by atoms with van der Waals surface area (Å²) in [6, 6.07) is 4.52. The number of carbonyl (C=O) groups is 1. The van der Waals surface area contributed by atoms with Crippen LogP contribution >= 0.6 is 0 Å². The second kappa shape index (κ2) is 4.74. The summed E-state index contributed by atoms with van der Waals surface area (Å²) in [6.45, 7) is 3.52. The fourth-order valence-corrected chi connectivity index (χ4v) is 3.08. The van der Waals surface area contributed by atoms with Crippen LogP contribution in [0.4, 0.5) is 0 Å². The monoisotopic (exact) mass is 262 g/mol. The van der Waals surface area contributed by atoms with Gasteiger partial charge in [-0.1, -0.05) is 0 Å². The highest BCUT2D eigenvalue weighted by molar-refractivity contribution is 5.95. The van der Waals surface area contributed by atoms with E-state index in [0.717, 1.165) is 26.1 Å². The fourth-order valence-electron chi connectivity index (χ4n) is 3.08. The van der Waals surface area contributed by atoms with Gasteiger partial charge in [-0.3, -0.25) is 9.69 Å². The van der Waals surface area contributed by atoms with Crippen molar-refractivity contribution in [3.05, 3.63) is 23.8 Å². The molecule has 19 heavy (non-hydrogen) atoms. The third-order valence-corrected chi connectivity index (χ3v) is 4.02. The molecule has 1 aromatic rings. The number of benzene rings is 1. The maximum absolute atomic E-state index is 12.4. The molecule has 1 amide bonds. The van der Waals surface area contributed by atoms with Gasteiger partial charge in [0.25, 0.3) is 5.91 Å². The number of nitrogens with zero attached hydrogens (tertiary/aromatic N) is 2. The predicted molar refractivity (Wildman–Crippen MR) is 70.3 cm³/mol. The Balaban J connectivity index is 1.76. The average Bonchev–Trinajstić information content (AvgIpc) is 2.83. The molecule has 1 aromatic carbocycles. The Morgan fingerprint density at radius 3 is 2.58 bits per heavy atom. The second-order valence-corrected chi connectivity index (χ2v) is 5.32. The molecule has 2 saturated heterocycles. The summed E-state index contributed by atoms with van der Waals surface area (Å²) in [6.07, 6.45) is 2.36. The lowest BCUT2D eigenvalue weighted by atomic mass is 10.1. The summed E-state index contributed by atoms with van der Waals surface area (Å²) in [7, 11) is 0. The van der Waals surface area contributed by atoms with E-state index < -0.39 is 0 Å². The quantitative estimate of drug-likeness (QED) is 0.793. The summed E-state index contributed by atoms with van der Waals surface area (Å²) < 4.78 is 0. The largest absolute Gasteiger partial charge is 0.508 e. The Kier molecular flexibility index (Phi) is 3.06. The fraction of sp³-hybridized carbons (Fsp3) is 0.500.